The number of rotatable bonds is 3. The summed E-state index contributed by atoms with van der Waals surface area (Å²) in [5.41, 5.74) is 1.66. The van der Waals surface area contributed by atoms with Gasteiger partial charge in [-0.3, -0.25) is 9.59 Å². The number of anilines is 1. The fraction of sp³-hybridized carbons (Fsp3) is 0.609. The first kappa shape index (κ1) is 20.3. The van der Waals surface area contributed by atoms with E-state index in [1.807, 2.05) is 31.0 Å². The summed E-state index contributed by atoms with van der Waals surface area (Å²) in [6, 6.07) is 6.82. The van der Waals surface area contributed by atoms with E-state index in [1.54, 1.807) is 11.0 Å². The Kier molecular flexibility index (Phi) is 5.12. The van der Waals surface area contributed by atoms with Crippen molar-refractivity contribution in [1.82, 2.24) is 20.1 Å². The molecule has 3 saturated heterocycles. The number of carbonyl (C=O) groups excluding carboxylic acids is 2. The number of para-hydroxylation sites is 1. The van der Waals surface area contributed by atoms with Crippen LogP contribution < -0.4 is 10.2 Å². The third-order valence-electron chi connectivity index (χ3n) is 7.45. The highest BCUT2D eigenvalue weighted by atomic mass is 16.4. The van der Waals surface area contributed by atoms with Crippen molar-refractivity contribution in [2.75, 3.05) is 32.1 Å². The Bertz CT molecular complexity index is 990. The van der Waals surface area contributed by atoms with Crippen LogP contribution in [0.5, 0.6) is 0 Å². The van der Waals surface area contributed by atoms with E-state index in [9.17, 15) is 9.59 Å². The van der Waals surface area contributed by atoms with Crippen LogP contribution in [0.1, 0.15) is 49.4 Å². The molecule has 3 fully saturated rings. The van der Waals surface area contributed by atoms with Gasteiger partial charge < -0.3 is 24.4 Å². The number of piperidine rings is 2. The molecule has 2 aromatic rings. The zero-order valence-electron chi connectivity index (χ0n) is 18.5. The zero-order chi connectivity index (χ0) is 21.7. The van der Waals surface area contributed by atoms with Crippen LogP contribution >= 0.6 is 0 Å². The van der Waals surface area contributed by atoms with Crippen molar-refractivity contribution >= 4 is 28.9 Å². The molecule has 166 valence electrons. The summed E-state index contributed by atoms with van der Waals surface area (Å²) < 4.78 is 5.97. The van der Waals surface area contributed by atoms with Crippen LogP contribution in [0.15, 0.2) is 22.6 Å². The molecule has 0 spiro atoms. The summed E-state index contributed by atoms with van der Waals surface area (Å²) in [5, 5.41) is 3.27. The highest BCUT2D eigenvalue weighted by Gasteiger charge is 2.37. The van der Waals surface area contributed by atoms with Crippen molar-refractivity contribution in [3.63, 3.8) is 0 Å². The number of hydrogen-bond acceptors (Lipinski definition) is 6. The van der Waals surface area contributed by atoms with Gasteiger partial charge in [0.15, 0.2) is 5.58 Å². The lowest BCUT2D eigenvalue weighted by atomic mass is 9.82. The third-order valence-corrected chi connectivity index (χ3v) is 7.45. The summed E-state index contributed by atoms with van der Waals surface area (Å²) in [6.07, 6.45) is 5.71. The van der Waals surface area contributed by atoms with Crippen LogP contribution in [-0.4, -0.2) is 78.0 Å². The molecule has 3 atom stereocenters. The Labute approximate surface area is 182 Å². The fourth-order valence-corrected chi connectivity index (χ4v) is 5.51. The number of piperazine rings is 1. The van der Waals surface area contributed by atoms with Gasteiger partial charge >= 0.3 is 0 Å². The molecule has 4 heterocycles. The first-order chi connectivity index (χ1) is 14.9. The van der Waals surface area contributed by atoms with Crippen molar-refractivity contribution in [2.24, 2.45) is 0 Å². The number of hydrogen-bond donors (Lipinski definition) is 1. The maximum Gasteiger partial charge on any atom is 0.299 e. The summed E-state index contributed by atoms with van der Waals surface area (Å²) in [4.78, 5) is 36.3. The van der Waals surface area contributed by atoms with Gasteiger partial charge in [-0.25, -0.2) is 0 Å². The van der Waals surface area contributed by atoms with E-state index in [0.29, 0.717) is 47.9 Å². The minimum absolute atomic E-state index is 0.0410. The van der Waals surface area contributed by atoms with Gasteiger partial charge in [0.1, 0.15) is 11.6 Å². The van der Waals surface area contributed by atoms with Crippen LogP contribution in [0.3, 0.4) is 0 Å². The smallest absolute Gasteiger partial charge is 0.299 e. The molecule has 5 rings (SSSR count). The van der Waals surface area contributed by atoms with Gasteiger partial charge in [0, 0.05) is 38.3 Å². The number of aromatic nitrogens is 1. The van der Waals surface area contributed by atoms with E-state index < -0.39 is 0 Å². The van der Waals surface area contributed by atoms with Crippen molar-refractivity contribution in [1.29, 1.82) is 0 Å². The number of fused-ring (bicyclic) bond motifs is 3. The van der Waals surface area contributed by atoms with E-state index in [1.165, 1.54) is 19.3 Å². The van der Waals surface area contributed by atoms with E-state index >= 15 is 0 Å². The van der Waals surface area contributed by atoms with Gasteiger partial charge in [-0.05, 0) is 51.8 Å². The SMILES string of the molecule is C[C@H]1C(=O)N(C)CCN1c1nc2c(C(=O)NC3CC4CCCC(C3)N4C)cccc2o1. The van der Waals surface area contributed by atoms with Crippen molar-refractivity contribution in [3.05, 3.63) is 23.8 Å². The van der Waals surface area contributed by atoms with Gasteiger partial charge in [0.05, 0.1) is 5.56 Å². The van der Waals surface area contributed by atoms with E-state index in [4.69, 9.17) is 4.42 Å². The molecule has 3 aliphatic rings. The third kappa shape index (κ3) is 3.56. The molecule has 0 aliphatic carbocycles. The van der Waals surface area contributed by atoms with E-state index in [2.05, 4.69) is 22.2 Å². The van der Waals surface area contributed by atoms with E-state index in [0.717, 1.165) is 12.8 Å². The first-order valence-corrected chi connectivity index (χ1v) is 11.4. The second-order valence-electron chi connectivity index (χ2n) is 9.32. The van der Waals surface area contributed by atoms with Gasteiger partial charge in [-0.15, -0.1) is 0 Å². The highest BCUT2D eigenvalue weighted by molar-refractivity contribution is 6.05. The normalized spacial score (nSPS) is 29.5. The maximum absolute atomic E-state index is 13.2. The molecule has 2 unspecified atom stereocenters. The molecule has 0 saturated carbocycles. The molecule has 2 amide bonds. The standard InChI is InChI=1S/C23H31N5O3/c1-14-22(30)26(2)10-11-28(14)23-25-20-18(8-5-9-19(20)31-23)21(29)24-15-12-16-6-4-7-17(13-15)27(16)3/h5,8-9,14-17H,4,6-7,10-13H2,1-3H3,(H,24,29)/t14-,15?,16?,17?/m0/s1. The molecule has 1 aromatic heterocycles. The van der Waals surface area contributed by atoms with Crippen LogP contribution in [0.2, 0.25) is 0 Å². The molecule has 2 bridgehead atoms. The monoisotopic (exact) mass is 425 g/mol. The zero-order valence-corrected chi connectivity index (χ0v) is 18.5. The van der Waals surface area contributed by atoms with Crippen molar-refractivity contribution < 1.29 is 14.0 Å². The number of nitrogens with one attached hydrogen (secondary N) is 1. The first-order valence-electron chi connectivity index (χ1n) is 11.4. The van der Waals surface area contributed by atoms with Crippen LogP contribution in [0, 0.1) is 0 Å². The van der Waals surface area contributed by atoms with Crippen LogP contribution in [0.25, 0.3) is 11.1 Å². The molecule has 8 nitrogen and oxygen atoms in total. The topological polar surface area (TPSA) is 81.9 Å². The Hall–Kier alpha value is -2.61. The number of likely N-dealkylation sites (N-methyl/N-ethyl adjacent to an activating group) is 1. The number of benzene rings is 1. The van der Waals surface area contributed by atoms with Gasteiger partial charge in [0.25, 0.3) is 11.9 Å². The lowest BCUT2D eigenvalue weighted by Crippen LogP contribution is -2.55. The van der Waals surface area contributed by atoms with Crippen LogP contribution in [0.4, 0.5) is 6.01 Å². The molecule has 0 radical (unpaired) electrons. The quantitative estimate of drug-likeness (QED) is 0.812. The highest BCUT2D eigenvalue weighted by Crippen LogP contribution is 2.33. The predicted octanol–water partition coefficient (Wildman–Crippen LogP) is 2.24. The number of amides is 2. The molecular formula is C23H31N5O3. The predicted molar refractivity (Wildman–Crippen MR) is 118 cm³/mol. The second-order valence-corrected chi connectivity index (χ2v) is 9.32. The molecule has 8 heteroatoms. The average Bonchev–Trinajstić information content (AvgIpc) is 3.16. The molecule has 31 heavy (non-hydrogen) atoms. The Balaban J connectivity index is 1.37. The lowest BCUT2D eigenvalue weighted by Gasteiger charge is -2.47. The van der Waals surface area contributed by atoms with Gasteiger partial charge in [-0.1, -0.05) is 12.5 Å². The fourth-order valence-electron chi connectivity index (χ4n) is 5.51. The number of nitrogens with zero attached hydrogens (tertiary/aromatic N) is 4. The lowest BCUT2D eigenvalue weighted by molar-refractivity contribution is -0.132. The number of carbonyl (C=O) groups is 2. The second kappa shape index (κ2) is 7.82. The minimum Gasteiger partial charge on any atom is -0.423 e. The Morgan fingerprint density at radius 1 is 1.16 bits per heavy atom. The molecule has 1 N–H and O–H groups in total. The van der Waals surface area contributed by atoms with Crippen molar-refractivity contribution in [2.45, 2.75) is 63.2 Å². The molecule has 3 aliphatic heterocycles. The minimum atomic E-state index is -0.345. The molecule has 1 aromatic carbocycles. The maximum atomic E-state index is 13.2. The van der Waals surface area contributed by atoms with Crippen LogP contribution in [-0.2, 0) is 4.79 Å². The van der Waals surface area contributed by atoms with Crippen molar-refractivity contribution in [3.8, 4) is 0 Å². The van der Waals surface area contributed by atoms with Gasteiger partial charge in [-0.2, -0.15) is 4.98 Å². The summed E-state index contributed by atoms with van der Waals surface area (Å²) >= 11 is 0. The summed E-state index contributed by atoms with van der Waals surface area (Å²) in [6.45, 7) is 3.13. The summed E-state index contributed by atoms with van der Waals surface area (Å²) in [7, 11) is 4.02. The number of oxazole rings is 1. The van der Waals surface area contributed by atoms with Gasteiger partial charge in [0.2, 0.25) is 5.91 Å². The largest absolute Gasteiger partial charge is 0.423 e. The van der Waals surface area contributed by atoms with E-state index in [-0.39, 0.29) is 23.9 Å². The summed E-state index contributed by atoms with van der Waals surface area (Å²) in [5.74, 6) is -0.0557. The molecular weight excluding hydrogens is 394 g/mol. The Morgan fingerprint density at radius 2 is 1.90 bits per heavy atom. The Morgan fingerprint density at radius 3 is 2.65 bits per heavy atom. The average molecular weight is 426 g/mol.